The second-order valence-electron chi connectivity index (χ2n) is 2.89. The third kappa shape index (κ3) is 2.16. The molecule has 0 aromatic heterocycles. The molecule has 0 radical (unpaired) electrons. The average Bonchev–Trinajstić information content (AvgIpc) is 2.16. The van der Waals surface area contributed by atoms with E-state index in [0.29, 0.717) is 15.1 Å². The van der Waals surface area contributed by atoms with E-state index in [1.165, 1.54) is 6.08 Å². The summed E-state index contributed by atoms with van der Waals surface area (Å²) in [6.07, 6.45) is 1.50. The van der Waals surface area contributed by atoms with Crippen molar-refractivity contribution in [3.63, 3.8) is 0 Å². The molecule has 2 atom stereocenters. The van der Waals surface area contributed by atoms with Crippen molar-refractivity contribution in [2.75, 3.05) is 11.8 Å². The Morgan fingerprint density at radius 1 is 1.21 bits per heavy atom. The molecule has 0 bridgehead atoms. The Balaban J connectivity index is 3.19. The minimum Gasteiger partial charge on any atom is -0.126 e. The lowest BCUT2D eigenvalue weighted by Gasteiger charge is -2.35. The van der Waals surface area contributed by atoms with E-state index < -0.39 is 4.87 Å². The van der Waals surface area contributed by atoms with Crippen molar-refractivity contribution in [2.24, 2.45) is 5.92 Å². The van der Waals surface area contributed by atoms with Crippen molar-refractivity contribution in [3.05, 3.63) is 21.2 Å². The van der Waals surface area contributed by atoms with Gasteiger partial charge in [0.25, 0.3) is 0 Å². The summed E-state index contributed by atoms with van der Waals surface area (Å²) in [6, 6.07) is 0. The van der Waals surface area contributed by atoms with Crippen LogP contribution in [0.25, 0.3) is 0 Å². The second-order valence-corrected chi connectivity index (χ2v) is 5.36. The quantitative estimate of drug-likeness (QED) is 0.637. The lowest BCUT2D eigenvalue weighted by molar-refractivity contribution is 0.579. The summed E-state index contributed by atoms with van der Waals surface area (Å²) in [6.45, 7) is 0. The van der Waals surface area contributed by atoms with E-state index >= 15 is 0 Å². The van der Waals surface area contributed by atoms with Crippen molar-refractivity contribution in [1.82, 2.24) is 0 Å². The van der Waals surface area contributed by atoms with Crippen molar-refractivity contribution in [3.8, 4) is 0 Å². The fourth-order valence-electron chi connectivity index (χ4n) is 1.18. The van der Waals surface area contributed by atoms with Gasteiger partial charge < -0.3 is 0 Å². The van der Waals surface area contributed by atoms with Crippen LogP contribution in [0, 0.1) is 5.92 Å². The number of rotatable bonds is 2. The summed E-state index contributed by atoms with van der Waals surface area (Å²) < 4.78 is 0. The molecule has 2 unspecified atom stereocenters. The highest BCUT2D eigenvalue weighted by Crippen LogP contribution is 2.47. The normalized spacial score (nSPS) is 33.3. The summed E-state index contributed by atoms with van der Waals surface area (Å²) in [5.74, 6) is -0.00761. The topological polar surface area (TPSA) is 0 Å². The number of allylic oxidation sites excluding steroid dienone is 4. The summed E-state index contributed by atoms with van der Waals surface area (Å²) >= 11 is 35.6. The van der Waals surface area contributed by atoms with E-state index in [1.54, 1.807) is 0 Å². The van der Waals surface area contributed by atoms with E-state index in [0.717, 1.165) is 0 Å². The van der Waals surface area contributed by atoms with Crippen LogP contribution in [-0.2, 0) is 0 Å². The highest BCUT2D eigenvalue weighted by Gasteiger charge is 2.43. The molecule has 6 heteroatoms. The van der Waals surface area contributed by atoms with Gasteiger partial charge in [0.2, 0.25) is 0 Å². The molecule has 1 aliphatic carbocycles. The Kier molecular flexibility index (Phi) is 4.78. The number of halogens is 6. The lowest BCUT2D eigenvalue weighted by Crippen LogP contribution is -2.38. The molecule has 0 saturated heterocycles. The van der Waals surface area contributed by atoms with Crippen LogP contribution in [0.4, 0.5) is 0 Å². The van der Waals surface area contributed by atoms with Gasteiger partial charge in [0.1, 0.15) is 4.87 Å². The van der Waals surface area contributed by atoms with E-state index in [9.17, 15) is 0 Å². The molecule has 0 N–H and O–H groups in total. The van der Waals surface area contributed by atoms with E-state index in [-0.39, 0.29) is 17.7 Å². The van der Waals surface area contributed by atoms with Gasteiger partial charge in [0.15, 0.2) is 0 Å². The zero-order chi connectivity index (χ0) is 10.9. The largest absolute Gasteiger partial charge is 0.126 e. The minimum atomic E-state index is -0.944. The first-order valence-corrected chi connectivity index (χ1v) is 6.29. The molecule has 0 aromatic rings. The third-order valence-electron chi connectivity index (χ3n) is 2.09. The first-order chi connectivity index (χ1) is 6.47. The highest BCUT2D eigenvalue weighted by atomic mass is 35.5. The smallest absolute Gasteiger partial charge is 0.102 e. The van der Waals surface area contributed by atoms with E-state index in [1.807, 2.05) is 0 Å². The molecular weight excluding hydrogens is 309 g/mol. The van der Waals surface area contributed by atoms with Crippen LogP contribution in [0.2, 0.25) is 0 Å². The number of alkyl halides is 3. The van der Waals surface area contributed by atoms with Gasteiger partial charge >= 0.3 is 0 Å². The van der Waals surface area contributed by atoms with E-state index in [4.69, 9.17) is 69.6 Å². The summed E-state index contributed by atoms with van der Waals surface area (Å²) in [5.41, 5.74) is 0. The fraction of sp³-hybridized carbons (Fsp3) is 0.500. The van der Waals surface area contributed by atoms with Gasteiger partial charge in [-0.3, -0.25) is 0 Å². The Bertz CT molecular complexity index is 294. The molecule has 0 amide bonds. The summed E-state index contributed by atoms with van der Waals surface area (Å²) in [7, 11) is 0. The third-order valence-corrected chi connectivity index (χ3v) is 4.97. The minimum absolute atomic E-state index is 0.127. The standard InChI is InChI=1S/C8H6Cl6/c9-2-4-7(13)5(11)1-6(12)8(4,14)3-10/h1,4H,2-3H2. The van der Waals surface area contributed by atoms with Crippen LogP contribution in [0.3, 0.4) is 0 Å². The molecule has 0 spiro atoms. The molecule has 1 rings (SSSR count). The van der Waals surface area contributed by atoms with Gasteiger partial charge in [0, 0.05) is 27.7 Å². The maximum Gasteiger partial charge on any atom is 0.102 e. The second kappa shape index (κ2) is 5.03. The van der Waals surface area contributed by atoms with Crippen LogP contribution in [0.15, 0.2) is 21.2 Å². The number of hydrogen-bond acceptors (Lipinski definition) is 0. The molecule has 0 aromatic carbocycles. The van der Waals surface area contributed by atoms with Gasteiger partial charge in [-0.2, -0.15) is 0 Å². The molecule has 14 heavy (non-hydrogen) atoms. The zero-order valence-electron chi connectivity index (χ0n) is 6.84. The predicted octanol–water partition coefficient (Wildman–Crippen LogP) is 4.88. The molecular formula is C8H6Cl6. The van der Waals surface area contributed by atoms with Gasteiger partial charge in [0.05, 0.1) is 5.03 Å². The van der Waals surface area contributed by atoms with Gasteiger partial charge in [-0.1, -0.05) is 34.8 Å². The Morgan fingerprint density at radius 2 is 1.79 bits per heavy atom. The van der Waals surface area contributed by atoms with Gasteiger partial charge in [-0.15, -0.1) is 34.8 Å². The first kappa shape index (κ1) is 13.3. The van der Waals surface area contributed by atoms with Gasteiger partial charge in [-0.05, 0) is 6.08 Å². The van der Waals surface area contributed by atoms with Crippen molar-refractivity contribution < 1.29 is 0 Å². The monoisotopic (exact) mass is 312 g/mol. The molecule has 0 fully saturated rings. The molecule has 0 saturated carbocycles. The Labute approximate surface area is 113 Å². The molecule has 80 valence electrons. The maximum absolute atomic E-state index is 6.24. The average molecular weight is 315 g/mol. The molecule has 0 aliphatic heterocycles. The van der Waals surface area contributed by atoms with E-state index in [2.05, 4.69) is 0 Å². The van der Waals surface area contributed by atoms with Crippen LogP contribution in [0.1, 0.15) is 0 Å². The molecule has 1 aliphatic rings. The fourth-order valence-corrected chi connectivity index (χ4v) is 3.37. The van der Waals surface area contributed by atoms with Crippen LogP contribution >= 0.6 is 69.6 Å². The van der Waals surface area contributed by atoms with Crippen molar-refractivity contribution in [2.45, 2.75) is 4.87 Å². The predicted molar refractivity (Wildman–Crippen MR) is 66.2 cm³/mol. The molecule has 0 heterocycles. The van der Waals surface area contributed by atoms with Crippen LogP contribution in [-0.4, -0.2) is 16.6 Å². The SMILES string of the molecule is ClCC1C(Cl)=C(Cl)C=C(Cl)C1(Cl)CCl. The maximum atomic E-state index is 6.24. The highest BCUT2D eigenvalue weighted by molar-refractivity contribution is 6.47. The molecule has 0 nitrogen and oxygen atoms in total. The summed E-state index contributed by atoms with van der Waals surface area (Å²) in [4.78, 5) is -0.944. The van der Waals surface area contributed by atoms with Crippen molar-refractivity contribution >= 4 is 69.6 Å². The lowest BCUT2D eigenvalue weighted by atomic mass is 9.89. The zero-order valence-corrected chi connectivity index (χ0v) is 11.4. The number of hydrogen-bond donors (Lipinski definition) is 0. The Hall–Kier alpha value is 1.22. The van der Waals surface area contributed by atoms with Crippen molar-refractivity contribution in [1.29, 1.82) is 0 Å². The Morgan fingerprint density at radius 3 is 2.21 bits per heavy atom. The summed E-state index contributed by atoms with van der Waals surface area (Å²) in [5, 5.41) is 1.14. The van der Waals surface area contributed by atoms with Crippen LogP contribution in [0.5, 0.6) is 0 Å². The van der Waals surface area contributed by atoms with Gasteiger partial charge in [-0.25, -0.2) is 0 Å². The van der Waals surface area contributed by atoms with Crippen LogP contribution < -0.4 is 0 Å². The first-order valence-electron chi connectivity index (χ1n) is 3.71.